The van der Waals surface area contributed by atoms with Crippen molar-refractivity contribution in [3.05, 3.63) is 72.0 Å². The molecule has 13 nitrogen and oxygen atoms in total. The Balaban J connectivity index is 1.36. The van der Waals surface area contributed by atoms with Crippen LogP contribution in [0.15, 0.2) is 59.5 Å². The van der Waals surface area contributed by atoms with E-state index in [1.165, 1.54) is 28.0 Å². The maximum atomic E-state index is 12.9. The minimum atomic E-state index is -1.11. The molecule has 0 radical (unpaired) electrons. The van der Waals surface area contributed by atoms with Crippen LogP contribution in [0.1, 0.15) is 44.2 Å². The van der Waals surface area contributed by atoms with Crippen LogP contribution in [0.4, 0.5) is 16.3 Å². The lowest BCUT2D eigenvalue weighted by molar-refractivity contribution is 0.0995. The van der Waals surface area contributed by atoms with Gasteiger partial charge in [0, 0.05) is 23.9 Å². The minimum absolute atomic E-state index is 0.0508. The third-order valence-corrected chi connectivity index (χ3v) is 5.86. The summed E-state index contributed by atoms with van der Waals surface area (Å²) in [5.41, 5.74) is 6.65. The number of hydrogen-bond acceptors (Lipinski definition) is 8. The minimum Gasteiger partial charge on any atom is -0.465 e. The van der Waals surface area contributed by atoms with Crippen LogP contribution in [-0.4, -0.2) is 55.6 Å². The third kappa shape index (κ3) is 5.11. The number of carboxylic acid groups (broad SMARTS) is 1. The van der Waals surface area contributed by atoms with E-state index in [1.807, 2.05) is 0 Å². The van der Waals surface area contributed by atoms with E-state index in [-0.39, 0.29) is 28.8 Å². The van der Waals surface area contributed by atoms with Gasteiger partial charge < -0.3 is 20.6 Å². The van der Waals surface area contributed by atoms with E-state index >= 15 is 0 Å². The van der Waals surface area contributed by atoms with Crippen LogP contribution in [0.2, 0.25) is 0 Å². The summed E-state index contributed by atoms with van der Waals surface area (Å²) in [6.45, 7) is 0.349. The standard InChI is InChI=1S/C25H21N7O6/c26-22(34)21-18(11-32(30-21)17-5-3-15(12-33)4-6-17)28-23(35)19-13-38-24(29-19)16-7-8-27-20(9-16)31(25(36)37)10-14-1-2-14/h3-9,11-14H,1-2,10H2,(H2,26,34)(H,28,35)(H,36,37). The Morgan fingerprint density at radius 3 is 2.63 bits per heavy atom. The number of anilines is 2. The summed E-state index contributed by atoms with van der Waals surface area (Å²) in [7, 11) is 0. The van der Waals surface area contributed by atoms with Crippen molar-refractivity contribution in [3.8, 4) is 17.1 Å². The second-order valence-electron chi connectivity index (χ2n) is 8.64. The predicted molar refractivity (Wildman–Crippen MR) is 133 cm³/mol. The zero-order chi connectivity index (χ0) is 26.8. The average Bonchev–Trinajstić information content (AvgIpc) is 3.42. The van der Waals surface area contributed by atoms with Crippen LogP contribution in [0.25, 0.3) is 17.1 Å². The molecule has 1 aromatic carbocycles. The number of aldehydes is 1. The van der Waals surface area contributed by atoms with Gasteiger partial charge in [-0.1, -0.05) is 0 Å². The van der Waals surface area contributed by atoms with Gasteiger partial charge in [-0.15, -0.1) is 0 Å². The van der Waals surface area contributed by atoms with Crippen molar-refractivity contribution in [1.82, 2.24) is 19.7 Å². The lowest BCUT2D eigenvalue weighted by atomic mass is 10.2. The fourth-order valence-electron chi connectivity index (χ4n) is 3.71. The molecule has 3 aromatic heterocycles. The Morgan fingerprint density at radius 2 is 1.97 bits per heavy atom. The number of carbonyl (C=O) groups is 4. The van der Waals surface area contributed by atoms with Crippen LogP contribution >= 0.6 is 0 Å². The molecule has 0 bridgehead atoms. The molecule has 0 spiro atoms. The highest BCUT2D eigenvalue weighted by atomic mass is 16.4. The molecule has 4 N–H and O–H groups in total. The molecule has 1 fully saturated rings. The van der Waals surface area contributed by atoms with Crippen molar-refractivity contribution in [3.63, 3.8) is 0 Å². The number of primary amides is 1. The summed E-state index contributed by atoms with van der Waals surface area (Å²) in [4.78, 5) is 57.0. The van der Waals surface area contributed by atoms with Crippen molar-refractivity contribution in [1.29, 1.82) is 0 Å². The zero-order valence-electron chi connectivity index (χ0n) is 19.8. The fourth-order valence-corrected chi connectivity index (χ4v) is 3.71. The van der Waals surface area contributed by atoms with E-state index in [0.717, 1.165) is 19.1 Å². The molecular formula is C25H21N7O6. The van der Waals surface area contributed by atoms with E-state index in [4.69, 9.17) is 10.2 Å². The Kier molecular flexibility index (Phi) is 6.39. The van der Waals surface area contributed by atoms with Crippen molar-refractivity contribution in [2.24, 2.45) is 11.7 Å². The molecule has 13 heteroatoms. The molecule has 38 heavy (non-hydrogen) atoms. The van der Waals surface area contributed by atoms with Crippen molar-refractivity contribution >= 4 is 35.7 Å². The first kappa shape index (κ1) is 24.4. The lowest BCUT2D eigenvalue weighted by Crippen LogP contribution is -2.32. The molecular weight excluding hydrogens is 494 g/mol. The number of aromatic nitrogens is 4. The molecule has 0 aliphatic heterocycles. The fraction of sp³-hybridized carbons (Fsp3) is 0.160. The number of hydrogen-bond donors (Lipinski definition) is 3. The Hall–Kier alpha value is -5.33. The van der Waals surface area contributed by atoms with Gasteiger partial charge in [-0.2, -0.15) is 5.10 Å². The number of nitrogens with one attached hydrogen (secondary N) is 1. The Labute approximate surface area is 214 Å². The number of nitrogens with two attached hydrogens (primary N) is 1. The number of carbonyl (C=O) groups excluding carboxylic acids is 3. The van der Waals surface area contributed by atoms with Gasteiger partial charge in [0.15, 0.2) is 11.4 Å². The maximum Gasteiger partial charge on any atom is 0.413 e. The first-order valence-electron chi connectivity index (χ1n) is 11.5. The first-order chi connectivity index (χ1) is 18.3. The highest BCUT2D eigenvalue weighted by Gasteiger charge is 2.28. The van der Waals surface area contributed by atoms with E-state index in [9.17, 15) is 24.3 Å². The second-order valence-corrected chi connectivity index (χ2v) is 8.64. The van der Waals surface area contributed by atoms with Crippen LogP contribution in [0, 0.1) is 5.92 Å². The first-order valence-corrected chi connectivity index (χ1v) is 11.5. The molecule has 1 saturated carbocycles. The third-order valence-electron chi connectivity index (χ3n) is 5.86. The number of rotatable bonds is 9. The van der Waals surface area contributed by atoms with Crippen molar-refractivity contribution in [2.45, 2.75) is 12.8 Å². The molecule has 0 unspecified atom stereocenters. The number of amides is 3. The van der Waals surface area contributed by atoms with E-state index in [2.05, 4.69) is 20.4 Å². The summed E-state index contributed by atoms with van der Waals surface area (Å²) < 4.78 is 6.81. The van der Waals surface area contributed by atoms with E-state index in [0.29, 0.717) is 35.6 Å². The van der Waals surface area contributed by atoms with Crippen LogP contribution in [0.5, 0.6) is 0 Å². The normalized spacial score (nSPS) is 12.6. The van der Waals surface area contributed by atoms with E-state index in [1.54, 1.807) is 30.3 Å². The lowest BCUT2D eigenvalue weighted by Gasteiger charge is -2.18. The van der Waals surface area contributed by atoms with E-state index < -0.39 is 17.9 Å². The highest BCUT2D eigenvalue weighted by molar-refractivity contribution is 6.07. The molecule has 192 valence electrons. The number of pyridine rings is 1. The summed E-state index contributed by atoms with van der Waals surface area (Å²) in [6, 6.07) is 9.51. The smallest absolute Gasteiger partial charge is 0.413 e. The molecule has 3 heterocycles. The molecule has 1 aliphatic rings. The molecule has 4 aromatic rings. The molecule has 3 amide bonds. The maximum absolute atomic E-state index is 12.9. The number of oxazole rings is 1. The number of nitrogens with zero attached hydrogens (tertiary/aromatic N) is 5. The summed E-state index contributed by atoms with van der Waals surface area (Å²) in [6.07, 6.45) is 5.52. The van der Waals surface area contributed by atoms with Crippen LogP contribution in [-0.2, 0) is 0 Å². The summed E-state index contributed by atoms with van der Waals surface area (Å²) >= 11 is 0. The van der Waals surface area contributed by atoms with Gasteiger partial charge in [0.05, 0.1) is 17.6 Å². The Bertz CT molecular complexity index is 1540. The molecule has 1 aliphatic carbocycles. The van der Waals surface area contributed by atoms with Gasteiger partial charge in [0.2, 0.25) is 5.89 Å². The van der Waals surface area contributed by atoms with Gasteiger partial charge in [0.25, 0.3) is 11.8 Å². The monoisotopic (exact) mass is 515 g/mol. The summed E-state index contributed by atoms with van der Waals surface area (Å²) in [5, 5.41) is 16.3. The van der Waals surface area contributed by atoms with Crippen molar-refractivity contribution in [2.75, 3.05) is 16.8 Å². The second kappa shape index (κ2) is 9.97. The van der Waals surface area contributed by atoms with Crippen molar-refractivity contribution < 1.29 is 28.7 Å². The SMILES string of the molecule is NC(=O)c1nn(-c2ccc(C=O)cc2)cc1NC(=O)c1coc(-c2ccnc(N(CC3CC3)C(=O)O)c2)n1. The van der Waals surface area contributed by atoms with Gasteiger partial charge in [-0.05, 0) is 55.2 Å². The predicted octanol–water partition coefficient (Wildman–Crippen LogP) is 2.98. The molecule has 5 rings (SSSR count). The molecule has 0 atom stereocenters. The topological polar surface area (TPSA) is 187 Å². The average molecular weight is 515 g/mol. The number of benzene rings is 1. The van der Waals surface area contributed by atoms with Crippen LogP contribution < -0.4 is 16.0 Å². The molecule has 0 saturated heterocycles. The van der Waals surface area contributed by atoms with Gasteiger partial charge in [0.1, 0.15) is 18.4 Å². The quantitative estimate of drug-likeness (QED) is 0.282. The zero-order valence-corrected chi connectivity index (χ0v) is 19.8. The Morgan fingerprint density at radius 1 is 1.21 bits per heavy atom. The summed E-state index contributed by atoms with van der Waals surface area (Å²) in [5.74, 6) is -0.919. The van der Waals surface area contributed by atoms with Gasteiger partial charge in [-0.25, -0.2) is 19.4 Å². The van der Waals surface area contributed by atoms with Gasteiger partial charge >= 0.3 is 6.09 Å². The van der Waals surface area contributed by atoms with Crippen LogP contribution in [0.3, 0.4) is 0 Å². The largest absolute Gasteiger partial charge is 0.465 e. The highest BCUT2D eigenvalue weighted by Crippen LogP contribution is 2.32. The van der Waals surface area contributed by atoms with Gasteiger partial charge in [-0.3, -0.25) is 19.3 Å².